The molecule has 0 bridgehead atoms. The van der Waals surface area contributed by atoms with Gasteiger partial charge in [-0.05, 0) is 38.2 Å². The number of rotatable bonds is 2. The molecule has 1 aliphatic heterocycles. The molecule has 2 rings (SSSR count). The quantitative estimate of drug-likeness (QED) is 0.808. The van der Waals surface area contributed by atoms with Crippen LogP contribution in [0.1, 0.15) is 17.3 Å². The minimum atomic E-state index is 0.144. The van der Waals surface area contributed by atoms with E-state index in [1.807, 2.05) is 48.2 Å². The molecule has 1 aromatic carbocycles. The molecule has 0 aliphatic carbocycles. The zero-order valence-electron chi connectivity index (χ0n) is 12.3. The zero-order valence-corrected chi connectivity index (χ0v) is 12.3. The van der Waals surface area contributed by atoms with Crippen molar-refractivity contribution < 1.29 is 4.79 Å². The van der Waals surface area contributed by atoms with Crippen LogP contribution in [0, 0.1) is 0 Å². The van der Waals surface area contributed by atoms with Gasteiger partial charge in [-0.1, -0.05) is 0 Å². The number of carbonyl (C=O) groups excluding carboxylic acids is 1. The first kappa shape index (κ1) is 13.9. The van der Waals surface area contributed by atoms with Gasteiger partial charge < -0.3 is 14.7 Å². The predicted molar refractivity (Wildman–Crippen MR) is 78.8 cm³/mol. The molecule has 104 valence electrons. The Morgan fingerprint density at radius 1 is 1.21 bits per heavy atom. The molecule has 1 aromatic rings. The molecule has 0 aromatic heterocycles. The van der Waals surface area contributed by atoms with Crippen LogP contribution in [0.5, 0.6) is 0 Å². The van der Waals surface area contributed by atoms with Crippen LogP contribution in [0.25, 0.3) is 0 Å². The van der Waals surface area contributed by atoms with Crippen LogP contribution in [-0.4, -0.2) is 62.5 Å². The van der Waals surface area contributed by atoms with Gasteiger partial charge in [0.2, 0.25) is 0 Å². The lowest BCUT2D eigenvalue weighted by atomic mass is 10.1. The maximum atomic E-state index is 12.4. The fourth-order valence-corrected chi connectivity index (χ4v) is 2.32. The Morgan fingerprint density at radius 3 is 2.37 bits per heavy atom. The Kier molecular flexibility index (Phi) is 4.10. The molecule has 1 fully saturated rings. The summed E-state index contributed by atoms with van der Waals surface area (Å²) in [4.78, 5) is 18.7. The first-order valence-electron chi connectivity index (χ1n) is 6.76. The van der Waals surface area contributed by atoms with Crippen molar-refractivity contribution in [1.29, 1.82) is 0 Å². The van der Waals surface area contributed by atoms with Crippen LogP contribution in [0.3, 0.4) is 0 Å². The summed E-state index contributed by atoms with van der Waals surface area (Å²) in [6, 6.07) is 8.25. The summed E-state index contributed by atoms with van der Waals surface area (Å²) in [6.07, 6.45) is 0. The molecule has 1 atom stereocenters. The van der Waals surface area contributed by atoms with Gasteiger partial charge in [0.25, 0.3) is 5.91 Å². The number of amides is 1. The largest absolute Gasteiger partial charge is 0.378 e. The molecular formula is C15H23N3O. The van der Waals surface area contributed by atoms with Crippen LogP contribution in [-0.2, 0) is 0 Å². The van der Waals surface area contributed by atoms with E-state index in [0.29, 0.717) is 6.04 Å². The fraction of sp³-hybridized carbons (Fsp3) is 0.533. The Balaban J connectivity index is 2.07. The number of benzene rings is 1. The second kappa shape index (κ2) is 5.61. The molecule has 1 unspecified atom stereocenters. The summed E-state index contributed by atoms with van der Waals surface area (Å²) in [5.74, 6) is 0.144. The standard InChI is InChI=1S/C15H23N3O/c1-12-11-18(10-9-17(12)4)15(19)13-5-7-14(8-6-13)16(2)3/h5-8,12H,9-11H2,1-4H3. The third kappa shape index (κ3) is 3.07. The SMILES string of the molecule is CC1CN(C(=O)c2ccc(N(C)C)cc2)CCN1C. The highest BCUT2D eigenvalue weighted by Gasteiger charge is 2.24. The van der Waals surface area contributed by atoms with Gasteiger partial charge in [-0.15, -0.1) is 0 Å². The first-order valence-corrected chi connectivity index (χ1v) is 6.76. The van der Waals surface area contributed by atoms with Crippen LogP contribution in [0.2, 0.25) is 0 Å². The van der Waals surface area contributed by atoms with Crippen molar-refractivity contribution in [1.82, 2.24) is 9.80 Å². The topological polar surface area (TPSA) is 26.8 Å². The summed E-state index contributed by atoms with van der Waals surface area (Å²) in [5, 5.41) is 0. The summed E-state index contributed by atoms with van der Waals surface area (Å²) >= 11 is 0. The first-order chi connectivity index (χ1) is 8.99. The summed E-state index contributed by atoms with van der Waals surface area (Å²) in [5.41, 5.74) is 1.89. The Labute approximate surface area is 115 Å². The highest BCUT2D eigenvalue weighted by atomic mass is 16.2. The van der Waals surface area contributed by atoms with Crippen LogP contribution >= 0.6 is 0 Å². The molecule has 0 spiro atoms. The summed E-state index contributed by atoms with van der Waals surface area (Å²) in [6.45, 7) is 4.73. The molecule has 0 radical (unpaired) electrons. The lowest BCUT2D eigenvalue weighted by molar-refractivity contribution is 0.0572. The van der Waals surface area contributed by atoms with E-state index in [0.717, 1.165) is 30.9 Å². The lowest BCUT2D eigenvalue weighted by Crippen LogP contribution is -2.52. The van der Waals surface area contributed by atoms with Gasteiger partial charge in [0.15, 0.2) is 0 Å². The normalized spacial score (nSPS) is 20.4. The minimum Gasteiger partial charge on any atom is -0.378 e. The summed E-state index contributed by atoms with van der Waals surface area (Å²) < 4.78 is 0. The molecule has 4 nitrogen and oxygen atoms in total. The highest BCUT2D eigenvalue weighted by molar-refractivity contribution is 5.94. The van der Waals surface area contributed by atoms with Crippen molar-refractivity contribution in [2.75, 3.05) is 45.7 Å². The van der Waals surface area contributed by atoms with Crippen molar-refractivity contribution in [3.05, 3.63) is 29.8 Å². The van der Waals surface area contributed by atoms with Crippen molar-refractivity contribution in [3.63, 3.8) is 0 Å². The van der Waals surface area contributed by atoms with E-state index >= 15 is 0 Å². The second-order valence-corrected chi connectivity index (χ2v) is 5.52. The molecule has 1 aliphatic rings. The van der Waals surface area contributed by atoms with Gasteiger partial charge >= 0.3 is 0 Å². The fourth-order valence-electron chi connectivity index (χ4n) is 2.32. The monoisotopic (exact) mass is 261 g/mol. The Morgan fingerprint density at radius 2 is 1.84 bits per heavy atom. The molecule has 1 saturated heterocycles. The second-order valence-electron chi connectivity index (χ2n) is 5.52. The van der Waals surface area contributed by atoms with E-state index in [1.165, 1.54) is 0 Å². The van der Waals surface area contributed by atoms with Crippen molar-refractivity contribution in [3.8, 4) is 0 Å². The Hall–Kier alpha value is -1.55. The molecule has 1 heterocycles. The van der Waals surface area contributed by atoms with Crippen LogP contribution in [0.15, 0.2) is 24.3 Å². The predicted octanol–water partition coefficient (Wildman–Crippen LogP) is 1.53. The number of hydrogen-bond donors (Lipinski definition) is 0. The third-order valence-electron chi connectivity index (χ3n) is 3.88. The van der Waals surface area contributed by atoms with Gasteiger partial charge in [-0.25, -0.2) is 0 Å². The number of likely N-dealkylation sites (N-methyl/N-ethyl adjacent to an activating group) is 1. The van der Waals surface area contributed by atoms with Gasteiger partial charge in [0, 0.05) is 51.0 Å². The third-order valence-corrected chi connectivity index (χ3v) is 3.88. The minimum absolute atomic E-state index is 0.144. The van der Waals surface area contributed by atoms with E-state index in [2.05, 4.69) is 18.9 Å². The number of hydrogen-bond acceptors (Lipinski definition) is 3. The summed E-state index contributed by atoms with van der Waals surface area (Å²) in [7, 11) is 6.11. The lowest BCUT2D eigenvalue weighted by Gasteiger charge is -2.37. The molecule has 1 amide bonds. The van der Waals surface area contributed by atoms with Gasteiger partial charge in [0.1, 0.15) is 0 Å². The number of anilines is 1. The van der Waals surface area contributed by atoms with Crippen LogP contribution in [0.4, 0.5) is 5.69 Å². The molecule has 0 N–H and O–H groups in total. The molecule has 0 saturated carbocycles. The van der Waals surface area contributed by atoms with Crippen molar-refractivity contribution in [2.45, 2.75) is 13.0 Å². The van der Waals surface area contributed by atoms with E-state index in [-0.39, 0.29) is 5.91 Å². The smallest absolute Gasteiger partial charge is 0.253 e. The van der Waals surface area contributed by atoms with E-state index in [9.17, 15) is 4.79 Å². The number of carbonyl (C=O) groups is 1. The number of nitrogens with zero attached hydrogens (tertiary/aromatic N) is 3. The van der Waals surface area contributed by atoms with E-state index in [1.54, 1.807) is 0 Å². The van der Waals surface area contributed by atoms with Crippen LogP contribution < -0.4 is 4.90 Å². The van der Waals surface area contributed by atoms with Crippen molar-refractivity contribution >= 4 is 11.6 Å². The average molecular weight is 261 g/mol. The zero-order chi connectivity index (χ0) is 14.0. The van der Waals surface area contributed by atoms with Gasteiger partial charge in [0.05, 0.1) is 0 Å². The Bertz CT molecular complexity index is 441. The van der Waals surface area contributed by atoms with Gasteiger partial charge in [-0.2, -0.15) is 0 Å². The maximum absolute atomic E-state index is 12.4. The average Bonchev–Trinajstić information content (AvgIpc) is 2.41. The molecule has 19 heavy (non-hydrogen) atoms. The molecule has 4 heteroatoms. The van der Waals surface area contributed by atoms with E-state index < -0.39 is 0 Å². The maximum Gasteiger partial charge on any atom is 0.253 e. The van der Waals surface area contributed by atoms with Gasteiger partial charge in [-0.3, -0.25) is 4.79 Å². The molecular weight excluding hydrogens is 238 g/mol. The number of piperazine rings is 1. The van der Waals surface area contributed by atoms with Crippen molar-refractivity contribution in [2.24, 2.45) is 0 Å². The van der Waals surface area contributed by atoms with E-state index in [4.69, 9.17) is 0 Å². The highest BCUT2D eigenvalue weighted by Crippen LogP contribution is 2.15.